The van der Waals surface area contributed by atoms with E-state index in [1.807, 2.05) is 6.08 Å². The minimum absolute atomic E-state index is 0.00938. The summed E-state index contributed by atoms with van der Waals surface area (Å²) in [6.07, 6.45) is 6.17. The van der Waals surface area contributed by atoms with Crippen LogP contribution in [-0.2, 0) is 4.79 Å². The maximum atomic E-state index is 13.2. The summed E-state index contributed by atoms with van der Waals surface area (Å²) in [5.74, 6) is -4.60. The number of halogens is 3. The van der Waals surface area contributed by atoms with E-state index in [-0.39, 0.29) is 17.9 Å². The SMILES string of the molecule is O=C(CC1=CCCCC1)NC(CO)c1cc(F)c(F)c(F)c1. The monoisotopic (exact) mass is 313 g/mol. The van der Waals surface area contributed by atoms with Crippen molar-refractivity contribution in [3.63, 3.8) is 0 Å². The summed E-state index contributed by atoms with van der Waals surface area (Å²) in [4.78, 5) is 12.0. The molecule has 2 rings (SSSR count). The Balaban J connectivity index is 2.05. The zero-order chi connectivity index (χ0) is 16.1. The topological polar surface area (TPSA) is 49.3 Å². The lowest BCUT2D eigenvalue weighted by Gasteiger charge is -2.19. The Labute approximate surface area is 126 Å². The van der Waals surface area contributed by atoms with E-state index in [2.05, 4.69) is 5.32 Å². The molecule has 0 aliphatic heterocycles. The summed E-state index contributed by atoms with van der Waals surface area (Å²) in [5.41, 5.74) is 1.02. The van der Waals surface area contributed by atoms with Crippen molar-refractivity contribution in [3.8, 4) is 0 Å². The summed E-state index contributed by atoms with van der Waals surface area (Å²) >= 11 is 0. The quantitative estimate of drug-likeness (QED) is 0.648. The van der Waals surface area contributed by atoms with E-state index in [1.54, 1.807) is 0 Å². The molecule has 1 aromatic carbocycles. The zero-order valence-electron chi connectivity index (χ0n) is 12.0. The molecule has 22 heavy (non-hydrogen) atoms. The van der Waals surface area contributed by atoms with Gasteiger partial charge in [0.2, 0.25) is 5.91 Å². The summed E-state index contributed by atoms with van der Waals surface area (Å²) < 4.78 is 39.4. The van der Waals surface area contributed by atoms with Gasteiger partial charge in [0.1, 0.15) is 0 Å². The van der Waals surface area contributed by atoms with Gasteiger partial charge in [-0.05, 0) is 43.4 Å². The standard InChI is InChI=1S/C16H18F3NO2/c17-12-7-11(8-13(18)16(12)19)14(9-21)20-15(22)6-10-4-2-1-3-5-10/h4,7-8,14,21H,1-3,5-6,9H2,(H,20,22). The molecule has 1 aromatic rings. The van der Waals surface area contributed by atoms with Crippen molar-refractivity contribution in [1.29, 1.82) is 0 Å². The van der Waals surface area contributed by atoms with E-state index in [0.29, 0.717) is 0 Å². The van der Waals surface area contributed by atoms with Gasteiger partial charge in [-0.1, -0.05) is 11.6 Å². The summed E-state index contributed by atoms with van der Waals surface area (Å²) in [5, 5.41) is 11.8. The first-order valence-electron chi connectivity index (χ1n) is 7.24. The molecule has 0 saturated carbocycles. The first-order valence-corrected chi connectivity index (χ1v) is 7.24. The molecular weight excluding hydrogens is 295 g/mol. The Hall–Kier alpha value is -1.82. The Kier molecular flexibility index (Phi) is 5.60. The lowest BCUT2D eigenvalue weighted by Crippen LogP contribution is -2.31. The minimum atomic E-state index is -1.57. The molecule has 0 saturated heterocycles. The van der Waals surface area contributed by atoms with Gasteiger partial charge in [-0.25, -0.2) is 13.2 Å². The molecular formula is C16H18F3NO2. The van der Waals surface area contributed by atoms with Gasteiger partial charge >= 0.3 is 0 Å². The second-order valence-corrected chi connectivity index (χ2v) is 5.39. The summed E-state index contributed by atoms with van der Waals surface area (Å²) in [7, 11) is 0. The molecule has 1 amide bonds. The van der Waals surface area contributed by atoms with Gasteiger partial charge in [0.05, 0.1) is 12.6 Å². The number of carbonyl (C=O) groups is 1. The zero-order valence-corrected chi connectivity index (χ0v) is 12.0. The van der Waals surface area contributed by atoms with Gasteiger partial charge in [0.25, 0.3) is 0 Å². The lowest BCUT2D eigenvalue weighted by molar-refractivity contribution is -0.121. The Morgan fingerprint density at radius 3 is 2.45 bits per heavy atom. The molecule has 2 N–H and O–H groups in total. The van der Waals surface area contributed by atoms with Crippen LogP contribution < -0.4 is 5.32 Å². The van der Waals surface area contributed by atoms with Crippen LogP contribution in [0.5, 0.6) is 0 Å². The van der Waals surface area contributed by atoms with Crippen LogP contribution in [0, 0.1) is 17.5 Å². The third-order valence-electron chi connectivity index (χ3n) is 3.70. The Morgan fingerprint density at radius 1 is 1.23 bits per heavy atom. The van der Waals surface area contributed by atoms with E-state index in [1.165, 1.54) is 0 Å². The van der Waals surface area contributed by atoms with E-state index in [9.17, 15) is 23.1 Å². The van der Waals surface area contributed by atoms with Crippen LogP contribution in [0.25, 0.3) is 0 Å². The van der Waals surface area contributed by atoms with Crippen LogP contribution in [0.3, 0.4) is 0 Å². The van der Waals surface area contributed by atoms with Gasteiger partial charge in [0.15, 0.2) is 17.5 Å². The van der Waals surface area contributed by atoms with E-state index in [0.717, 1.165) is 43.4 Å². The van der Waals surface area contributed by atoms with Gasteiger partial charge in [-0.3, -0.25) is 4.79 Å². The number of rotatable bonds is 5. The van der Waals surface area contributed by atoms with E-state index >= 15 is 0 Å². The highest BCUT2D eigenvalue weighted by molar-refractivity contribution is 5.79. The van der Waals surface area contributed by atoms with Gasteiger partial charge in [-0.15, -0.1) is 0 Å². The fourth-order valence-corrected chi connectivity index (χ4v) is 2.53. The smallest absolute Gasteiger partial charge is 0.224 e. The molecule has 120 valence electrons. The average Bonchev–Trinajstić information content (AvgIpc) is 2.50. The van der Waals surface area contributed by atoms with Gasteiger partial charge in [-0.2, -0.15) is 0 Å². The molecule has 6 heteroatoms. The molecule has 0 bridgehead atoms. The molecule has 0 spiro atoms. The van der Waals surface area contributed by atoms with E-state index < -0.39 is 30.1 Å². The fourth-order valence-electron chi connectivity index (χ4n) is 2.53. The molecule has 1 atom stereocenters. The van der Waals surface area contributed by atoms with Crippen molar-refractivity contribution < 1.29 is 23.1 Å². The average molecular weight is 313 g/mol. The highest BCUT2D eigenvalue weighted by Crippen LogP contribution is 2.22. The molecule has 3 nitrogen and oxygen atoms in total. The summed E-state index contributed by atoms with van der Waals surface area (Å²) in [6, 6.07) is 0.583. The van der Waals surface area contributed by atoms with Crippen LogP contribution in [0.4, 0.5) is 13.2 Å². The predicted octanol–water partition coefficient (Wildman–Crippen LogP) is 3.14. The third kappa shape index (κ3) is 4.10. The van der Waals surface area contributed by atoms with Crippen LogP contribution in [0.15, 0.2) is 23.8 Å². The highest BCUT2D eigenvalue weighted by Gasteiger charge is 2.19. The van der Waals surface area contributed by atoms with Gasteiger partial charge in [0, 0.05) is 6.42 Å². The first kappa shape index (κ1) is 16.5. The predicted molar refractivity (Wildman–Crippen MR) is 75.5 cm³/mol. The number of amides is 1. The van der Waals surface area contributed by atoms with Crippen LogP contribution in [0.2, 0.25) is 0 Å². The first-order chi connectivity index (χ1) is 10.5. The minimum Gasteiger partial charge on any atom is -0.394 e. The second-order valence-electron chi connectivity index (χ2n) is 5.39. The molecule has 0 fully saturated rings. The molecule has 1 aliphatic rings. The molecule has 0 radical (unpaired) electrons. The molecule has 1 aliphatic carbocycles. The van der Waals surface area contributed by atoms with Crippen LogP contribution in [-0.4, -0.2) is 17.6 Å². The highest BCUT2D eigenvalue weighted by atomic mass is 19.2. The van der Waals surface area contributed by atoms with Crippen molar-refractivity contribution in [2.45, 2.75) is 38.1 Å². The maximum absolute atomic E-state index is 13.2. The normalized spacial score (nSPS) is 16.1. The van der Waals surface area contributed by atoms with Crippen molar-refractivity contribution >= 4 is 5.91 Å². The second kappa shape index (κ2) is 7.45. The number of hydrogen-bond acceptors (Lipinski definition) is 2. The lowest BCUT2D eigenvalue weighted by atomic mass is 9.97. The number of aliphatic hydroxyl groups excluding tert-OH is 1. The maximum Gasteiger partial charge on any atom is 0.224 e. The molecule has 0 heterocycles. The summed E-state index contributed by atoms with van der Waals surface area (Å²) in [6.45, 7) is -0.532. The van der Waals surface area contributed by atoms with Crippen molar-refractivity contribution in [3.05, 3.63) is 46.8 Å². The number of benzene rings is 1. The van der Waals surface area contributed by atoms with Gasteiger partial charge < -0.3 is 10.4 Å². The number of nitrogens with one attached hydrogen (secondary N) is 1. The third-order valence-corrected chi connectivity index (χ3v) is 3.70. The van der Waals surface area contributed by atoms with E-state index in [4.69, 9.17) is 0 Å². The fraction of sp³-hybridized carbons (Fsp3) is 0.438. The van der Waals surface area contributed by atoms with Crippen molar-refractivity contribution in [2.24, 2.45) is 0 Å². The number of allylic oxidation sites excluding steroid dienone is 1. The van der Waals surface area contributed by atoms with Crippen molar-refractivity contribution in [1.82, 2.24) is 5.32 Å². The molecule has 1 unspecified atom stereocenters. The van der Waals surface area contributed by atoms with Crippen molar-refractivity contribution in [2.75, 3.05) is 6.61 Å². The Morgan fingerprint density at radius 2 is 1.91 bits per heavy atom. The number of hydrogen-bond donors (Lipinski definition) is 2. The molecule has 0 aromatic heterocycles. The number of aliphatic hydroxyl groups is 1. The van der Waals surface area contributed by atoms with Crippen LogP contribution >= 0.6 is 0 Å². The largest absolute Gasteiger partial charge is 0.394 e. The Bertz CT molecular complexity index is 564. The number of carbonyl (C=O) groups excluding carboxylic acids is 1. The van der Waals surface area contributed by atoms with Crippen LogP contribution in [0.1, 0.15) is 43.7 Å².